The van der Waals surface area contributed by atoms with Crippen molar-refractivity contribution in [3.05, 3.63) is 74.9 Å². The number of likely N-dealkylation sites (N-methyl/N-ethyl adjacent to an activating group) is 1. The number of piperazine rings is 1. The molecule has 1 unspecified atom stereocenters. The van der Waals surface area contributed by atoms with Crippen LogP contribution < -0.4 is 4.90 Å². The first-order valence-electron chi connectivity index (χ1n) is 14.7. The zero-order chi connectivity index (χ0) is 34.6. The fourth-order valence-corrected chi connectivity index (χ4v) is 7.73. The summed E-state index contributed by atoms with van der Waals surface area (Å²) in [5.74, 6) is -1.26. The molecule has 0 bridgehead atoms. The molecule has 0 N–H and O–H groups in total. The second-order valence-corrected chi connectivity index (χ2v) is 13.6. The lowest BCUT2D eigenvalue weighted by Crippen LogP contribution is -2.50. The molecule has 3 aromatic rings. The van der Waals surface area contributed by atoms with Gasteiger partial charge in [0.15, 0.2) is 0 Å². The number of amides is 2. The normalized spacial score (nSPS) is 17.5. The molecule has 5 rings (SSSR count). The van der Waals surface area contributed by atoms with Gasteiger partial charge in [-0.3, -0.25) is 14.5 Å². The maximum Gasteiger partial charge on any atom is 0.416 e. The van der Waals surface area contributed by atoms with Gasteiger partial charge in [-0.2, -0.15) is 31.6 Å². The van der Waals surface area contributed by atoms with Crippen molar-refractivity contribution in [1.82, 2.24) is 9.80 Å². The molecule has 6 nitrogen and oxygen atoms in total. The van der Waals surface area contributed by atoms with Gasteiger partial charge in [0.25, 0.3) is 0 Å². The smallest absolute Gasteiger partial charge is 0.337 e. The van der Waals surface area contributed by atoms with E-state index in [4.69, 9.17) is 0 Å². The molecule has 2 fully saturated rings. The third-order valence-corrected chi connectivity index (χ3v) is 10.1. The second kappa shape index (κ2) is 12.2. The molecule has 250 valence electrons. The number of hydrogen-bond donors (Lipinski definition) is 0. The first-order chi connectivity index (χ1) is 21.8. The van der Waals surface area contributed by atoms with E-state index in [9.17, 15) is 45.6 Å². The van der Waals surface area contributed by atoms with Crippen LogP contribution in [0.15, 0.2) is 36.4 Å². The van der Waals surface area contributed by atoms with Crippen LogP contribution in [0.3, 0.4) is 0 Å². The van der Waals surface area contributed by atoms with Crippen LogP contribution in [0.1, 0.15) is 59.4 Å². The predicted molar refractivity (Wildman–Crippen MR) is 162 cm³/mol. The van der Waals surface area contributed by atoms with E-state index in [1.54, 1.807) is 6.92 Å². The van der Waals surface area contributed by atoms with Gasteiger partial charge in [0.1, 0.15) is 11.9 Å². The van der Waals surface area contributed by atoms with Crippen molar-refractivity contribution in [1.29, 1.82) is 5.26 Å². The molecular formula is C33H31F7N4O2S. The predicted octanol–water partition coefficient (Wildman–Crippen LogP) is 7.52. The third-order valence-electron chi connectivity index (χ3n) is 8.93. The second-order valence-electron chi connectivity index (χ2n) is 12.4. The summed E-state index contributed by atoms with van der Waals surface area (Å²) in [5, 5.41) is 10.4. The molecule has 0 radical (unpaired) electrons. The van der Waals surface area contributed by atoms with Gasteiger partial charge in [-0.15, -0.1) is 11.3 Å². The number of aryl methyl sites for hydroxylation is 1. The van der Waals surface area contributed by atoms with Crippen LogP contribution in [0.2, 0.25) is 0 Å². The summed E-state index contributed by atoms with van der Waals surface area (Å²) >= 11 is 1.21. The van der Waals surface area contributed by atoms with Gasteiger partial charge in [0, 0.05) is 50.6 Å². The lowest BCUT2D eigenvalue weighted by atomic mass is 9.81. The minimum atomic E-state index is -5.11. The number of nitrogens with zero attached hydrogens (tertiary/aromatic N) is 4. The summed E-state index contributed by atoms with van der Waals surface area (Å²) in [6.07, 6.45) is -9.03. The van der Waals surface area contributed by atoms with Gasteiger partial charge in [0.2, 0.25) is 11.8 Å². The average molecular weight is 681 g/mol. The largest absolute Gasteiger partial charge is 0.416 e. The van der Waals surface area contributed by atoms with Gasteiger partial charge in [-0.25, -0.2) is 4.39 Å². The fraction of sp³-hybridized carbons (Fsp3) is 0.424. The average Bonchev–Trinajstić information content (AvgIpc) is 3.54. The Bertz CT molecular complexity index is 1740. The number of anilines is 1. The van der Waals surface area contributed by atoms with E-state index < -0.39 is 46.2 Å². The molecule has 2 aliphatic heterocycles. The van der Waals surface area contributed by atoms with Crippen molar-refractivity contribution in [2.75, 3.05) is 31.6 Å². The van der Waals surface area contributed by atoms with Gasteiger partial charge < -0.3 is 9.80 Å². The van der Waals surface area contributed by atoms with Crippen LogP contribution in [0, 0.1) is 24.1 Å². The monoisotopic (exact) mass is 680 g/mol. The summed E-state index contributed by atoms with van der Waals surface area (Å²) in [7, 11) is 1.32. The van der Waals surface area contributed by atoms with E-state index in [0.717, 1.165) is 4.90 Å². The zero-order valence-corrected chi connectivity index (χ0v) is 26.8. The Morgan fingerprint density at radius 3 is 2.21 bits per heavy atom. The summed E-state index contributed by atoms with van der Waals surface area (Å²) < 4.78 is 96.3. The fourth-order valence-electron chi connectivity index (χ4n) is 6.31. The van der Waals surface area contributed by atoms with Crippen LogP contribution in [-0.2, 0) is 33.9 Å². The molecular weight excluding hydrogens is 649 g/mol. The number of halogens is 7. The van der Waals surface area contributed by atoms with Gasteiger partial charge in [-0.05, 0) is 74.2 Å². The Balaban J connectivity index is 1.59. The van der Waals surface area contributed by atoms with E-state index >= 15 is 0 Å². The van der Waals surface area contributed by atoms with E-state index in [0.29, 0.717) is 72.0 Å². The molecule has 2 amide bonds. The summed E-state index contributed by atoms with van der Waals surface area (Å²) in [6.45, 7) is 6.05. The van der Waals surface area contributed by atoms with Gasteiger partial charge in [0.05, 0.1) is 32.7 Å². The topological polar surface area (TPSA) is 67.7 Å². The molecule has 2 aliphatic rings. The van der Waals surface area contributed by atoms with E-state index in [1.165, 1.54) is 50.4 Å². The highest BCUT2D eigenvalue weighted by atomic mass is 32.1. The van der Waals surface area contributed by atoms with Crippen LogP contribution in [-0.4, -0.2) is 54.3 Å². The molecule has 0 aliphatic carbocycles. The van der Waals surface area contributed by atoms with Crippen LogP contribution in [0.25, 0.3) is 10.4 Å². The Morgan fingerprint density at radius 1 is 1.02 bits per heavy atom. The van der Waals surface area contributed by atoms with Crippen molar-refractivity contribution in [3.8, 4) is 16.5 Å². The molecule has 3 heterocycles. The van der Waals surface area contributed by atoms with Crippen molar-refractivity contribution in [2.24, 2.45) is 0 Å². The van der Waals surface area contributed by atoms with Gasteiger partial charge >= 0.3 is 12.4 Å². The standard InChI is InChI=1S/C33H31F7N4O2S/c1-18-11-22(34)5-7-24(18)29-28(25(15-41)26(47-29)17-43-9-10-44-23(16-43)6-8-27(44)45)42(4)30(46)31(2,3)19-12-20(32(35,36)37)14-21(13-19)33(38,39)40/h5,7,11-14,23H,6,8-10,16-17H2,1-4H3. The maximum atomic E-state index is 14.2. The number of carbonyl (C=O) groups excluding carboxylic acids is 2. The molecule has 2 aromatic carbocycles. The minimum absolute atomic E-state index is 0.00339. The molecule has 47 heavy (non-hydrogen) atoms. The molecule has 1 atom stereocenters. The Morgan fingerprint density at radius 2 is 1.64 bits per heavy atom. The van der Waals surface area contributed by atoms with Crippen molar-refractivity contribution < 1.29 is 40.3 Å². The quantitative estimate of drug-likeness (QED) is 0.253. The Labute approximate surface area is 271 Å². The number of thiophene rings is 1. The van der Waals surface area contributed by atoms with Gasteiger partial charge in [-0.1, -0.05) is 6.07 Å². The highest BCUT2D eigenvalue weighted by Gasteiger charge is 2.42. The number of alkyl halides is 6. The van der Waals surface area contributed by atoms with Crippen molar-refractivity contribution >= 4 is 28.8 Å². The number of rotatable bonds is 6. The highest BCUT2D eigenvalue weighted by Crippen LogP contribution is 2.46. The molecule has 0 spiro atoms. The Kier molecular flexibility index (Phi) is 8.96. The number of hydrogen-bond acceptors (Lipinski definition) is 5. The van der Waals surface area contributed by atoms with E-state index in [-0.39, 0.29) is 29.3 Å². The minimum Gasteiger partial charge on any atom is -0.337 e. The van der Waals surface area contributed by atoms with E-state index in [1.807, 2.05) is 4.90 Å². The number of fused-ring (bicyclic) bond motifs is 1. The zero-order valence-electron chi connectivity index (χ0n) is 25.9. The van der Waals surface area contributed by atoms with Crippen LogP contribution in [0.4, 0.5) is 36.4 Å². The van der Waals surface area contributed by atoms with E-state index in [2.05, 4.69) is 11.0 Å². The summed E-state index contributed by atoms with van der Waals surface area (Å²) in [4.78, 5) is 32.4. The Hall–Kier alpha value is -3.96. The molecule has 0 saturated carbocycles. The lowest BCUT2D eigenvalue weighted by molar-refractivity contribution is -0.143. The SMILES string of the molecule is Cc1cc(F)ccc1-c1sc(CN2CCN3C(=O)CCC3C2)c(C#N)c1N(C)C(=O)C(C)(C)c1cc(C(F)(F)F)cc(C(F)(F)F)c1. The summed E-state index contributed by atoms with van der Waals surface area (Å²) in [6, 6.07) is 7.28. The first kappa shape index (κ1) is 34.4. The van der Waals surface area contributed by atoms with Crippen LogP contribution in [0.5, 0.6) is 0 Å². The number of nitriles is 1. The lowest BCUT2D eigenvalue weighted by Gasteiger charge is -2.37. The molecule has 1 aromatic heterocycles. The highest BCUT2D eigenvalue weighted by molar-refractivity contribution is 7.16. The van der Waals surface area contributed by atoms with Crippen LogP contribution >= 0.6 is 11.3 Å². The third kappa shape index (κ3) is 6.60. The maximum absolute atomic E-state index is 14.2. The first-order valence-corrected chi connectivity index (χ1v) is 15.6. The molecule has 2 saturated heterocycles. The number of benzene rings is 2. The molecule has 14 heteroatoms. The number of carbonyl (C=O) groups is 2. The van der Waals surface area contributed by atoms with Crippen molar-refractivity contribution in [3.63, 3.8) is 0 Å². The van der Waals surface area contributed by atoms with Crippen molar-refractivity contribution in [2.45, 2.75) is 64.0 Å². The summed E-state index contributed by atoms with van der Waals surface area (Å²) in [5.41, 5.74) is -4.27.